The first-order valence-corrected chi connectivity index (χ1v) is 6.21. The summed E-state index contributed by atoms with van der Waals surface area (Å²) in [4.78, 5) is 6.69. The van der Waals surface area contributed by atoms with Crippen LogP contribution in [0.25, 0.3) is 0 Å². The van der Waals surface area contributed by atoms with Crippen LogP contribution in [0.1, 0.15) is 30.5 Å². The molecule has 1 atom stereocenters. The SMILES string of the molecule is NCC1CN(Cc2noc(C3CC3)n2)CCO1. The van der Waals surface area contributed by atoms with E-state index in [0.29, 0.717) is 12.5 Å². The Hall–Kier alpha value is -0.980. The van der Waals surface area contributed by atoms with Gasteiger partial charge in [-0.2, -0.15) is 4.98 Å². The fourth-order valence-corrected chi connectivity index (χ4v) is 2.09. The molecule has 0 radical (unpaired) electrons. The van der Waals surface area contributed by atoms with Gasteiger partial charge in [0.1, 0.15) is 0 Å². The Labute approximate surface area is 100 Å². The first-order chi connectivity index (χ1) is 8.35. The summed E-state index contributed by atoms with van der Waals surface area (Å²) in [5.74, 6) is 2.12. The standard InChI is InChI=1S/C11H18N4O2/c12-5-9-6-15(3-4-16-9)7-10-13-11(17-14-10)8-1-2-8/h8-9H,1-7,12H2. The van der Waals surface area contributed by atoms with Crippen molar-refractivity contribution in [2.75, 3.05) is 26.2 Å². The third-order valence-electron chi connectivity index (χ3n) is 3.26. The van der Waals surface area contributed by atoms with Crippen molar-refractivity contribution in [2.45, 2.75) is 31.4 Å². The van der Waals surface area contributed by atoms with Crippen LogP contribution in [0, 0.1) is 0 Å². The highest BCUT2D eigenvalue weighted by molar-refractivity contribution is 5.01. The Morgan fingerprint density at radius 2 is 2.29 bits per heavy atom. The summed E-state index contributed by atoms with van der Waals surface area (Å²) in [5.41, 5.74) is 5.61. The van der Waals surface area contributed by atoms with Crippen molar-refractivity contribution in [3.63, 3.8) is 0 Å². The minimum absolute atomic E-state index is 0.138. The average Bonchev–Trinajstić information content (AvgIpc) is 3.11. The number of morpholine rings is 1. The molecule has 94 valence electrons. The predicted octanol–water partition coefficient (Wildman–Crippen LogP) is 0.107. The second kappa shape index (κ2) is 4.72. The fourth-order valence-electron chi connectivity index (χ4n) is 2.09. The lowest BCUT2D eigenvalue weighted by atomic mass is 10.2. The molecule has 1 unspecified atom stereocenters. The minimum atomic E-state index is 0.138. The summed E-state index contributed by atoms with van der Waals surface area (Å²) in [6.07, 6.45) is 2.52. The first-order valence-electron chi connectivity index (χ1n) is 6.21. The van der Waals surface area contributed by atoms with E-state index in [-0.39, 0.29) is 6.10 Å². The molecule has 0 bridgehead atoms. The number of ether oxygens (including phenoxy) is 1. The third kappa shape index (κ3) is 2.65. The van der Waals surface area contributed by atoms with E-state index in [1.165, 1.54) is 12.8 Å². The molecule has 0 spiro atoms. The number of nitrogens with zero attached hydrogens (tertiary/aromatic N) is 3. The van der Waals surface area contributed by atoms with Gasteiger partial charge in [0, 0.05) is 25.6 Å². The maximum atomic E-state index is 5.61. The highest BCUT2D eigenvalue weighted by Crippen LogP contribution is 2.38. The zero-order valence-electron chi connectivity index (χ0n) is 9.84. The normalized spacial score (nSPS) is 26.3. The van der Waals surface area contributed by atoms with Gasteiger partial charge in [-0.1, -0.05) is 5.16 Å². The molecule has 0 amide bonds. The quantitative estimate of drug-likeness (QED) is 0.802. The van der Waals surface area contributed by atoms with E-state index >= 15 is 0 Å². The summed E-state index contributed by atoms with van der Waals surface area (Å²) in [7, 11) is 0. The van der Waals surface area contributed by atoms with Gasteiger partial charge in [-0.25, -0.2) is 0 Å². The molecule has 1 saturated carbocycles. The Morgan fingerprint density at radius 1 is 1.41 bits per heavy atom. The van der Waals surface area contributed by atoms with E-state index in [9.17, 15) is 0 Å². The Kier molecular flexibility index (Phi) is 3.09. The molecule has 2 aliphatic rings. The van der Waals surface area contributed by atoms with Gasteiger partial charge >= 0.3 is 0 Å². The Balaban J connectivity index is 1.57. The molecule has 2 N–H and O–H groups in total. The molecule has 3 rings (SSSR count). The van der Waals surface area contributed by atoms with Crippen LogP contribution in [0.5, 0.6) is 0 Å². The van der Waals surface area contributed by atoms with E-state index in [2.05, 4.69) is 15.0 Å². The number of nitrogens with two attached hydrogens (primary N) is 1. The van der Waals surface area contributed by atoms with Crippen molar-refractivity contribution in [3.8, 4) is 0 Å². The van der Waals surface area contributed by atoms with Crippen LogP contribution in [0.4, 0.5) is 0 Å². The van der Waals surface area contributed by atoms with Crippen LogP contribution >= 0.6 is 0 Å². The lowest BCUT2D eigenvalue weighted by Crippen LogP contribution is -2.45. The lowest BCUT2D eigenvalue weighted by molar-refractivity contribution is -0.0269. The Morgan fingerprint density at radius 3 is 3.06 bits per heavy atom. The van der Waals surface area contributed by atoms with Gasteiger partial charge in [0.05, 0.1) is 19.3 Å². The summed E-state index contributed by atoms with van der Waals surface area (Å²) in [6.45, 7) is 3.79. The summed E-state index contributed by atoms with van der Waals surface area (Å²) in [5, 5.41) is 4.02. The van der Waals surface area contributed by atoms with Crippen molar-refractivity contribution < 1.29 is 9.26 Å². The molecule has 0 aromatic carbocycles. The van der Waals surface area contributed by atoms with Crippen molar-refractivity contribution in [1.82, 2.24) is 15.0 Å². The van der Waals surface area contributed by atoms with Gasteiger partial charge in [-0.15, -0.1) is 0 Å². The smallest absolute Gasteiger partial charge is 0.229 e. The molecule has 2 fully saturated rings. The molecule has 17 heavy (non-hydrogen) atoms. The van der Waals surface area contributed by atoms with Crippen molar-refractivity contribution in [1.29, 1.82) is 0 Å². The number of hydrogen-bond acceptors (Lipinski definition) is 6. The first kappa shape index (κ1) is 11.1. The van der Waals surface area contributed by atoms with E-state index in [1.807, 2.05) is 0 Å². The zero-order valence-corrected chi connectivity index (χ0v) is 9.84. The van der Waals surface area contributed by atoms with E-state index < -0.39 is 0 Å². The minimum Gasteiger partial charge on any atom is -0.374 e. The average molecular weight is 238 g/mol. The van der Waals surface area contributed by atoms with E-state index in [4.69, 9.17) is 15.0 Å². The molecule has 6 heteroatoms. The van der Waals surface area contributed by atoms with Crippen LogP contribution in [0.3, 0.4) is 0 Å². The predicted molar refractivity (Wildman–Crippen MR) is 60.3 cm³/mol. The van der Waals surface area contributed by atoms with Crippen LogP contribution in [0.15, 0.2) is 4.52 Å². The molecule has 1 aromatic rings. The van der Waals surface area contributed by atoms with Crippen molar-refractivity contribution in [3.05, 3.63) is 11.7 Å². The summed E-state index contributed by atoms with van der Waals surface area (Å²) < 4.78 is 10.8. The van der Waals surface area contributed by atoms with Gasteiger partial charge in [-0.3, -0.25) is 4.90 Å². The van der Waals surface area contributed by atoms with Crippen LogP contribution < -0.4 is 5.73 Å². The van der Waals surface area contributed by atoms with Gasteiger partial charge in [0.25, 0.3) is 0 Å². The zero-order chi connectivity index (χ0) is 11.7. The number of aromatic nitrogens is 2. The van der Waals surface area contributed by atoms with Gasteiger partial charge in [0.15, 0.2) is 5.82 Å². The van der Waals surface area contributed by atoms with Crippen LogP contribution in [-0.2, 0) is 11.3 Å². The molecule has 1 aliphatic carbocycles. The van der Waals surface area contributed by atoms with E-state index in [1.54, 1.807) is 0 Å². The maximum absolute atomic E-state index is 5.61. The lowest BCUT2D eigenvalue weighted by Gasteiger charge is -2.31. The number of hydrogen-bond donors (Lipinski definition) is 1. The molecular weight excluding hydrogens is 220 g/mol. The van der Waals surface area contributed by atoms with Gasteiger partial charge in [0.2, 0.25) is 5.89 Å². The molecule has 1 aliphatic heterocycles. The molecule has 6 nitrogen and oxygen atoms in total. The highest BCUT2D eigenvalue weighted by Gasteiger charge is 2.30. The molecular formula is C11H18N4O2. The largest absolute Gasteiger partial charge is 0.374 e. The Bertz CT molecular complexity index is 377. The third-order valence-corrected chi connectivity index (χ3v) is 3.26. The van der Waals surface area contributed by atoms with Gasteiger partial charge < -0.3 is 15.0 Å². The number of rotatable bonds is 4. The topological polar surface area (TPSA) is 77.4 Å². The summed E-state index contributed by atoms with van der Waals surface area (Å²) in [6, 6.07) is 0. The molecule has 2 heterocycles. The second-order valence-corrected chi connectivity index (χ2v) is 4.79. The molecule has 1 aromatic heterocycles. The van der Waals surface area contributed by atoms with Crippen LogP contribution in [0.2, 0.25) is 0 Å². The van der Waals surface area contributed by atoms with Crippen molar-refractivity contribution in [2.24, 2.45) is 5.73 Å². The molecule has 1 saturated heterocycles. The van der Waals surface area contributed by atoms with E-state index in [0.717, 1.165) is 38.0 Å². The van der Waals surface area contributed by atoms with Gasteiger partial charge in [-0.05, 0) is 12.8 Å². The van der Waals surface area contributed by atoms with Crippen molar-refractivity contribution >= 4 is 0 Å². The monoisotopic (exact) mass is 238 g/mol. The fraction of sp³-hybridized carbons (Fsp3) is 0.818. The summed E-state index contributed by atoms with van der Waals surface area (Å²) >= 11 is 0. The second-order valence-electron chi connectivity index (χ2n) is 4.79. The highest BCUT2D eigenvalue weighted by atomic mass is 16.5. The van der Waals surface area contributed by atoms with Crippen LogP contribution in [-0.4, -0.2) is 47.4 Å². The maximum Gasteiger partial charge on any atom is 0.229 e.